The zero-order chi connectivity index (χ0) is 14.7. The Hall–Kier alpha value is -2.47. The number of carbonyl (C=O) groups is 1. The Labute approximate surface area is 119 Å². The Morgan fingerprint density at radius 1 is 1.40 bits per heavy atom. The third-order valence-electron chi connectivity index (χ3n) is 2.73. The Kier molecular flexibility index (Phi) is 3.95. The number of rotatable bonds is 3. The lowest BCUT2D eigenvalue weighted by Gasteiger charge is -2.16. The number of benzene rings is 1. The van der Waals surface area contributed by atoms with E-state index in [2.05, 4.69) is 4.98 Å². The summed E-state index contributed by atoms with van der Waals surface area (Å²) < 4.78 is 0. The van der Waals surface area contributed by atoms with Gasteiger partial charge < -0.3 is 4.90 Å². The molecule has 0 saturated carbocycles. The molecule has 0 spiro atoms. The highest BCUT2D eigenvalue weighted by Gasteiger charge is 2.19. The molecule has 7 heteroatoms. The van der Waals surface area contributed by atoms with E-state index in [0.29, 0.717) is 5.69 Å². The van der Waals surface area contributed by atoms with Gasteiger partial charge in [-0.1, -0.05) is 11.6 Å². The van der Waals surface area contributed by atoms with Gasteiger partial charge in [0.2, 0.25) is 0 Å². The summed E-state index contributed by atoms with van der Waals surface area (Å²) in [5.74, 6) is -0.377. The fourth-order valence-corrected chi connectivity index (χ4v) is 1.84. The quantitative estimate of drug-likeness (QED) is 0.643. The van der Waals surface area contributed by atoms with E-state index in [1.54, 1.807) is 25.4 Å². The van der Waals surface area contributed by atoms with Gasteiger partial charge in [-0.15, -0.1) is 0 Å². The number of hydrogen-bond acceptors (Lipinski definition) is 4. The maximum absolute atomic E-state index is 12.3. The maximum atomic E-state index is 12.3. The van der Waals surface area contributed by atoms with Crippen LogP contribution in [-0.4, -0.2) is 22.9 Å². The molecule has 0 atom stereocenters. The molecule has 1 heterocycles. The highest BCUT2D eigenvalue weighted by molar-refractivity contribution is 6.32. The molecule has 2 aromatic rings. The number of pyridine rings is 1. The molecule has 0 saturated heterocycles. The van der Waals surface area contributed by atoms with Gasteiger partial charge in [0.05, 0.1) is 16.8 Å². The fraction of sp³-hybridized carbons (Fsp3) is 0.0769. The summed E-state index contributed by atoms with van der Waals surface area (Å²) in [5, 5.41) is 10.8. The maximum Gasteiger partial charge on any atom is 0.288 e. The van der Waals surface area contributed by atoms with E-state index in [1.165, 1.54) is 23.2 Å². The summed E-state index contributed by atoms with van der Waals surface area (Å²) in [6.45, 7) is 0. The van der Waals surface area contributed by atoms with Crippen LogP contribution in [0.2, 0.25) is 5.02 Å². The number of halogens is 1. The second-order valence-corrected chi connectivity index (χ2v) is 4.41. The SMILES string of the molecule is CN(C(=O)c1ccc(Cl)c([N+](=O)[O-])c1)c1cccnc1. The molecule has 6 nitrogen and oxygen atoms in total. The first kappa shape index (κ1) is 14.0. The first-order valence-corrected chi connectivity index (χ1v) is 6.00. The number of hydrogen-bond donors (Lipinski definition) is 0. The van der Waals surface area contributed by atoms with Crippen molar-refractivity contribution in [1.82, 2.24) is 4.98 Å². The summed E-state index contributed by atoms with van der Waals surface area (Å²) in [7, 11) is 1.57. The molecule has 0 aliphatic carbocycles. The van der Waals surface area contributed by atoms with Crippen molar-refractivity contribution in [3.05, 3.63) is 63.4 Å². The van der Waals surface area contributed by atoms with E-state index in [-0.39, 0.29) is 22.2 Å². The minimum atomic E-state index is -0.622. The first-order chi connectivity index (χ1) is 9.50. The van der Waals surface area contributed by atoms with E-state index in [9.17, 15) is 14.9 Å². The minimum absolute atomic E-state index is 0.00409. The van der Waals surface area contributed by atoms with E-state index < -0.39 is 4.92 Å². The topological polar surface area (TPSA) is 76.3 Å². The number of nitro benzene ring substituents is 1. The molecule has 2 rings (SSSR count). The summed E-state index contributed by atoms with van der Waals surface area (Å²) >= 11 is 5.72. The minimum Gasteiger partial charge on any atom is -0.310 e. The van der Waals surface area contributed by atoms with E-state index >= 15 is 0 Å². The molecule has 1 amide bonds. The fourth-order valence-electron chi connectivity index (χ4n) is 1.65. The van der Waals surface area contributed by atoms with Crippen LogP contribution >= 0.6 is 11.6 Å². The smallest absolute Gasteiger partial charge is 0.288 e. The van der Waals surface area contributed by atoms with Gasteiger partial charge >= 0.3 is 0 Å². The standard InChI is InChI=1S/C13H10ClN3O3/c1-16(10-3-2-6-15-8-10)13(18)9-4-5-11(14)12(7-9)17(19)20/h2-8H,1H3. The van der Waals surface area contributed by atoms with Gasteiger partial charge in [-0.05, 0) is 24.3 Å². The van der Waals surface area contributed by atoms with Crippen molar-refractivity contribution in [3.8, 4) is 0 Å². The van der Waals surface area contributed by atoms with Crippen molar-refractivity contribution in [2.24, 2.45) is 0 Å². The zero-order valence-corrected chi connectivity index (χ0v) is 11.2. The largest absolute Gasteiger partial charge is 0.310 e. The third kappa shape index (κ3) is 2.75. The van der Waals surface area contributed by atoms with Gasteiger partial charge in [-0.3, -0.25) is 19.9 Å². The van der Waals surface area contributed by atoms with Crippen LogP contribution in [0.5, 0.6) is 0 Å². The molecule has 0 N–H and O–H groups in total. The van der Waals surface area contributed by atoms with Crippen molar-refractivity contribution >= 4 is 28.9 Å². The average molecular weight is 292 g/mol. The number of amides is 1. The van der Waals surface area contributed by atoms with Crippen molar-refractivity contribution in [3.63, 3.8) is 0 Å². The lowest BCUT2D eigenvalue weighted by atomic mass is 10.1. The van der Waals surface area contributed by atoms with Crippen molar-refractivity contribution in [1.29, 1.82) is 0 Å². The molecule has 102 valence electrons. The number of carbonyl (C=O) groups excluding carboxylic acids is 1. The van der Waals surface area contributed by atoms with Gasteiger partial charge in [-0.2, -0.15) is 0 Å². The lowest BCUT2D eigenvalue weighted by Crippen LogP contribution is -2.26. The van der Waals surface area contributed by atoms with Crippen LogP contribution in [0, 0.1) is 10.1 Å². The normalized spacial score (nSPS) is 10.1. The number of nitrogens with zero attached hydrogens (tertiary/aromatic N) is 3. The molecule has 0 aliphatic heterocycles. The van der Waals surface area contributed by atoms with Gasteiger partial charge in [0.1, 0.15) is 5.02 Å². The van der Waals surface area contributed by atoms with Crippen LogP contribution in [0.15, 0.2) is 42.7 Å². The van der Waals surface area contributed by atoms with Crippen molar-refractivity contribution in [2.75, 3.05) is 11.9 Å². The molecule has 0 aliphatic rings. The molecule has 1 aromatic carbocycles. The summed E-state index contributed by atoms with van der Waals surface area (Å²) in [5.41, 5.74) is 0.486. The van der Waals surface area contributed by atoms with Gasteiger partial charge in [0, 0.05) is 24.9 Å². The van der Waals surface area contributed by atoms with Gasteiger partial charge in [0.15, 0.2) is 0 Å². The summed E-state index contributed by atoms with van der Waals surface area (Å²) in [4.78, 5) is 27.7. The van der Waals surface area contributed by atoms with Crippen LogP contribution in [-0.2, 0) is 0 Å². The molecule has 0 fully saturated rings. The van der Waals surface area contributed by atoms with Crippen LogP contribution in [0.1, 0.15) is 10.4 Å². The van der Waals surface area contributed by atoms with E-state index in [4.69, 9.17) is 11.6 Å². The second kappa shape index (κ2) is 5.66. The Bertz CT molecular complexity index is 661. The van der Waals surface area contributed by atoms with Crippen LogP contribution in [0.25, 0.3) is 0 Å². The predicted molar refractivity (Wildman–Crippen MR) is 75.1 cm³/mol. The average Bonchev–Trinajstić information content (AvgIpc) is 2.47. The molecular weight excluding hydrogens is 282 g/mol. The zero-order valence-electron chi connectivity index (χ0n) is 10.5. The molecular formula is C13H10ClN3O3. The monoisotopic (exact) mass is 291 g/mol. The Balaban J connectivity index is 2.34. The lowest BCUT2D eigenvalue weighted by molar-refractivity contribution is -0.384. The highest BCUT2D eigenvalue weighted by atomic mass is 35.5. The number of anilines is 1. The summed E-state index contributed by atoms with van der Waals surface area (Å²) in [6, 6.07) is 7.37. The van der Waals surface area contributed by atoms with Crippen LogP contribution < -0.4 is 4.90 Å². The molecule has 1 aromatic heterocycles. The van der Waals surface area contributed by atoms with Crippen LogP contribution in [0.3, 0.4) is 0 Å². The van der Waals surface area contributed by atoms with Crippen LogP contribution in [0.4, 0.5) is 11.4 Å². The van der Waals surface area contributed by atoms with Crippen molar-refractivity contribution < 1.29 is 9.72 Å². The number of aromatic nitrogens is 1. The second-order valence-electron chi connectivity index (χ2n) is 4.00. The third-order valence-corrected chi connectivity index (χ3v) is 3.05. The Morgan fingerprint density at radius 2 is 2.15 bits per heavy atom. The first-order valence-electron chi connectivity index (χ1n) is 5.62. The molecule has 0 bridgehead atoms. The van der Waals surface area contributed by atoms with Crippen molar-refractivity contribution in [2.45, 2.75) is 0 Å². The number of nitro groups is 1. The predicted octanol–water partition coefficient (Wildman–Crippen LogP) is 2.92. The molecule has 0 radical (unpaired) electrons. The Morgan fingerprint density at radius 3 is 2.75 bits per heavy atom. The highest BCUT2D eigenvalue weighted by Crippen LogP contribution is 2.26. The summed E-state index contributed by atoms with van der Waals surface area (Å²) in [6.07, 6.45) is 3.12. The van der Waals surface area contributed by atoms with E-state index in [1.807, 2.05) is 0 Å². The molecule has 0 unspecified atom stereocenters. The molecule has 20 heavy (non-hydrogen) atoms. The van der Waals surface area contributed by atoms with E-state index in [0.717, 1.165) is 6.07 Å². The van der Waals surface area contributed by atoms with Gasteiger partial charge in [-0.25, -0.2) is 0 Å². The van der Waals surface area contributed by atoms with Gasteiger partial charge in [0.25, 0.3) is 11.6 Å².